The highest BCUT2D eigenvalue weighted by Gasteiger charge is 2.37. The Kier molecular flexibility index (Phi) is 4.07. The molecule has 2 aliphatic heterocycles. The fourth-order valence-corrected chi connectivity index (χ4v) is 4.33. The van der Waals surface area contributed by atoms with Gasteiger partial charge in [0.25, 0.3) is 0 Å². The second-order valence-electron chi connectivity index (χ2n) is 6.52. The van der Waals surface area contributed by atoms with Crippen LogP contribution in [0.1, 0.15) is 6.92 Å². The highest BCUT2D eigenvalue weighted by atomic mass is 32.1. The zero-order chi connectivity index (χ0) is 17.6. The molecule has 0 unspecified atom stereocenters. The van der Waals surface area contributed by atoms with Gasteiger partial charge in [-0.15, -0.1) is 0 Å². The van der Waals surface area contributed by atoms with E-state index in [1.54, 1.807) is 17.9 Å². The van der Waals surface area contributed by atoms with Crippen molar-refractivity contribution in [3.8, 4) is 0 Å². The molecule has 0 N–H and O–H groups in total. The molecule has 2 amide bonds. The van der Waals surface area contributed by atoms with E-state index in [-0.39, 0.29) is 23.5 Å². The van der Waals surface area contributed by atoms with Crippen molar-refractivity contribution in [1.29, 1.82) is 0 Å². The summed E-state index contributed by atoms with van der Waals surface area (Å²) < 4.78 is 14.6. The zero-order valence-electron chi connectivity index (χ0n) is 13.9. The molecule has 0 aliphatic carbocycles. The molecule has 4 rings (SSSR count). The van der Waals surface area contributed by atoms with Gasteiger partial charge in [-0.05, 0) is 12.1 Å². The smallest absolute Gasteiger partial charge is 0.229 e. The number of thiazole rings is 1. The van der Waals surface area contributed by atoms with Crippen LogP contribution in [0.2, 0.25) is 0 Å². The number of carbonyl (C=O) groups excluding carboxylic acids is 2. The minimum Gasteiger partial charge on any atom is -0.346 e. The van der Waals surface area contributed by atoms with Crippen LogP contribution in [-0.2, 0) is 9.59 Å². The molecule has 1 aromatic heterocycles. The van der Waals surface area contributed by atoms with Gasteiger partial charge in [-0.2, -0.15) is 0 Å². The molecule has 0 spiro atoms. The Labute approximate surface area is 148 Å². The lowest BCUT2D eigenvalue weighted by Crippen LogP contribution is -2.58. The number of aromatic nitrogens is 1. The number of hydrogen-bond donors (Lipinski definition) is 0. The maximum atomic E-state index is 13.8. The molecule has 8 heteroatoms. The maximum absolute atomic E-state index is 13.8. The summed E-state index contributed by atoms with van der Waals surface area (Å²) in [4.78, 5) is 34.0. The van der Waals surface area contributed by atoms with E-state index in [4.69, 9.17) is 0 Å². The topological polar surface area (TPSA) is 56.8 Å². The molecule has 132 valence electrons. The molecule has 2 aliphatic rings. The summed E-state index contributed by atoms with van der Waals surface area (Å²) in [6, 6.07) is 4.95. The van der Waals surface area contributed by atoms with Crippen molar-refractivity contribution < 1.29 is 14.0 Å². The van der Waals surface area contributed by atoms with Crippen molar-refractivity contribution in [3.05, 3.63) is 24.0 Å². The molecule has 0 atom stereocenters. The second kappa shape index (κ2) is 6.25. The Morgan fingerprint density at radius 3 is 2.48 bits per heavy atom. The van der Waals surface area contributed by atoms with Gasteiger partial charge < -0.3 is 14.7 Å². The predicted octanol–water partition coefficient (Wildman–Crippen LogP) is 1.56. The number of amides is 2. The Morgan fingerprint density at radius 2 is 1.84 bits per heavy atom. The normalized spacial score (nSPS) is 18.6. The van der Waals surface area contributed by atoms with Crippen LogP contribution >= 0.6 is 11.3 Å². The average molecular weight is 362 g/mol. The van der Waals surface area contributed by atoms with Crippen molar-refractivity contribution in [2.45, 2.75) is 6.92 Å². The second-order valence-corrected chi connectivity index (χ2v) is 7.53. The summed E-state index contributed by atoms with van der Waals surface area (Å²) in [7, 11) is 0. The molecule has 1 aromatic carbocycles. The third kappa shape index (κ3) is 2.95. The Morgan fingerprint density at radius 1 is 1.16 bits per heavy atom. The van der Waals surface area contributed by atoms with Crippen LogP contribution in [0.15, 0.2) is 18.2 Å². The number of para-hydroxylation sites is 1. The molecule has 0 saturated carbocycles. The largest absolute Gasteiger partial charge is 0.346 e. The predicted molar refractivity (Wildman–Crippen MR) is 94.1 cm³/mol. The number of piperazine rings is 1. The van der Waals surface area contributed by atoms with Crippen molar-refractivity contribution >= 4 is 38.5 Å². The first-order valence-corrected chi connectivity index (χ1v) is 9.19. The third-order valence-electron chi connectivity index (χ3n) is 4.90. The summed E-state index contributed by atoms with van der Waals surface area (Å²) in [5.41, 5.74) is 0.401. The van der Waals surface area contributed by atoms with E-state index in [9.17, 15) is 14.0 Å². The van der Waals surface area contributed by atoms with Gasteiger partial charge in [-0.3, -0.25) is 9.59 Å². The number of benzene rings is 1. The van der Waals surface area contributed by atoms with Crippen LogP contribution in [-0.4, -0.2) is 65.9 Å². The van der Waals surface area contributed by atoms with Crippen molar-refractivity contribution in [2.75, 3.05) is 44.2 Å². The Bertz CT molecular complexity index is 825. The Hall–Kier alpha value is -2.22. The van der Waals surface area contributed by atoms with Crippen LogP contribution in [0.25, 0.3) is 10.2 Å². The summed E-state index contributed by atoms with van der Waals surface area (Å²) >= 11 is 1.45. The van der Waals surface area contributed by atoms with E-state index in [1.807, 2.05) is 15.9 Å². The Balaban J connectivity index is 1.36. The van der Waals surface area contributed by atoms with E-state index >= 15 is 0 Å². The summed E-state index contributed by atoms with van der Waals surface area (Å²) in [5.74, 6) is -0.144. The van der Waals surface area contributed by atoms with Crippen LogP contribution in [0, 0.1) is 11.7 Å². The molecule has 25 heavy (non-hydrogen) atoms. The molecular weight excluding hydrogens is 343 g/mol. The van der Waals surface area contributed by atoms with Gasteiger partial charge in [0.15, 0.2) is 5.13 Å². The fourth-order valence-electron chi connectivity index (χ4n) is 3.33. The van der Waals surface area contributed by atoms with E-state index < -0.39 is 0 Å². The number of fused-ring (bicyclic) bond motifs is 1. The molecule has 2 aromatic rings. The highest BCUT2D eigenvalue weighted by Crippen LogP contribution is 2.34. The van der Waals surface area contributed by atoms with Crippen LogP contribution in [0.3, 0.4) is 0 Å². The monoisotopic (exact) mass is 362 g/mol. The van der Waals surface area contributed by atoms with Crippen LogP contribution < -0.4 is 4.90 Å². The van der Waals surface area contributed by atoms with Crippen molar-refractivity contribution in [2.24, 2.45) is 5.92 Å². The van der Waals surface area contributed by atoms with E-state index in [1.165, 1.54) is 17.4 Å². The van der Waals surface area contributed by atoms with Crippen LogP contribution in [0.4, 0.5) is 9.52 Å². The van der Waals surface area contributed by atoms with E-state index in [0.29, 0.717) is 44.8 Å². The molecule has 3 heterocycles. The first-order valence-electron chi connectivity index (χ1n) is 8.37. The van der Waals surface area contributed by atoms with Gasteiger partial charge in [-0.25, -0.2) is 9.37 Å². The summed E-state index contributed by atoms with van der Waals surface area (Å²) in [6.07, 6.45) is 0. The maximum Gasteiger partial charge on any atom is 0.229 e. The van der Waals surface area contributed by atoms with Gasteiger partial charge in [0.05, 0.1) is 10.6 Å². The number of hydrogen-bond acceptors (Lipinski definition) is 5. The van der Waals surface area contributed by atoms with E-state index in [2.05, 4.69) is 4.98 Å². The van der Waals surface area contributed by atoms with Gasteiger partial charge in [0.2, 0.25) is 11.8 Å². The molecule has 6 nitrogen and oxygen atoms in total. The van der Waals surface area contributed by atoms with E-state index in [0.717, 1.165) is 9.83 Å². The number of rotatable bonds is 2. The highest BCUT2D eigenvalue weighted by molar-refractivity contribution is 7.22. The number of anilines is 1. The van der Waals surface area contributed by atoms with Crippen molar-refractivity contribution in [1.82, 2.24) is 14.8 Å². The summed E-state index contributed by atoms with van der Waals surface area (Å²) in [6.45, 7) is 5.20. The standard InChI is InChI=1S/C17H19FN4O2S/c1-11(23)20-5-7-21(8-6-20)16(24)12-9-22(10-12)17-19-15-13(18)3-2-4-14(15)25-17/h2-4,12H,5-10H2,1H3. The van der Waals surface area contributed by atoms with Gasteiger partial charge in [-0.1, -0.05) is 17.4 Å². The lowest BCUT2D eigenvalue weighted by molar-refractivity contribution is -0.141. The average Bonchev–Trinajstić information content (AvgIpc) is 2.98. The first-order chi connectivity index (χ1) is 12.0. The molecule has 0 radical (unpaired) electrons. The lowest BCUT2D eigenvalue weighted by atomic mass is 9.99. The van der Waals surface area contributed by atoms with Gasteiger partial charge in [0, 0.05) is 46.2 Å². The number of halogens is 1. The first kappa shape index (κ1) is 16.3. The fraction of sp³-hybridized carbons (Fsp3) is 0.471. The van der Waals surface area contributed by atoms with Gasteiger partial charge in [0.1, 0.15) is 11.3 Å². The zero-order valence-corrected chi connectivity index (χ0v) is 14.8. The minimum absolute atomic E-state index is 0.0410. The van der Waals surface area contributed by atoms with Gasteiger partial charge >= 0.3 is 0 Å². The number of carbonyl (C=O) groups is 2. The summed E-state index contributed by atoms with van der Waals surface area (Å²) in [5, 5.41) is 0.769. The SMILES string of the molecule is CC(=O)N1CCN(C(=O)C2CN(c3nc4c(F)cccc4s3)C2)CC1. The lowest BCUT2D eigenvalue weighted by Gasteiger charge is -2.42. The number of nitrogens with zero attached hydrogens (tertiary/aromatic N) is 4. The van der Waals surface area contributed by atoms with Crippen LogP contribution in [0.5, 0.6) is 0 Å². The van der Waals surface area contributed by atoms with Crippen molar-refractivity contribution in [3.63, 3.8) is 0 Å². The minimum atomic E-state index is -0.309. The molecule has 2 fully saturated rings. The molecular formula is C17H19FN4O2S. The third-order valence-corrected chi connectivity index (χ3v) is 5.98. The quantitative estimate of drug-likeness (QED) is 0.814. The molecule has 2 saturated heterocycles. The molecule has 0 bridgehead atoms.